The standard InChI is InChI=1S/C51H77N3O8/c1-10-15-16-17-18-19-20-21-22-23-28-51(13-4,14-5)54-49(58)43-27-25-40(30-45(43)50(54)59)46(55)39-24-26-42-44(29-39)48(57)53(47(42)56)36(7)32-61-38(9)34-62-37(8)33-60-31-35(6)52-41(11-2)12-3/h24-27,29-30,35-38,41,52H,10-23,28,31-34H2,1-9H3. The molecule has 2 heterocycles. The molecular formula is C51H77N3O8. The van der Waals surface area contributed by atoms with Crippen molar-refractivity contribution in [3.63, 3.8) is 0 Å². The van der Waals surface area contributed by atoms with Gasteiger partial charge in [-0.15, -0.1) is 0 Å². The molecule has 11 heteroatoms. The van der Waals surface area contributed by atoms with Crippen LogP contribution in [0.3, 0.4) is 0 Å². The molecule has 0 fully saturated rings. The van der Waals surface area contributed by atoms with Gasteiger partial charge in [0.1, 0.15) is 0 Å². The van der Waals surface area contributed by atoms with Gasteiger partial charge in [-0.1, -0.05) is 111 Å². The summed E-state index contributed by atoms with van der Waals surface area (Å²) < 4.78 is 17.8. The van der Waals surface area contributed by atoms with Gasteiger partial charge in [0, 0.05) is 23.2 Å². The zero-order valence-corrected chi connectivity index (χ0v) is 39.4. The Hall–Kier alpha value is -3.77. The van der Waals surface area contributed by atoms with Crippen molar-refractivity contribution in [2.45, 2.75) is 194 Å². The van der Waals surface area contributed by atoms with Gasteiger partial charge in [0.2, 0.25) is 0 Å². The highest BCUT2D eigenvalue weighted by molar-refractivity contribution is 6.24. The Labute approximate surface area is 372 Å². The second-order valence-corrected chi connectivity index (χ2v) is 17.9. The molecule has 2 aromatic carbocycles. The van der Waals surface area contributed by atoms with Crippen LogP contribution in [0.2, 0.25) is 0 Å². The summed E-state index contributed by atoms with van der Waals surface area (Å²) in [6.45, 7) is 19.9. The van der Waals surface area contributed by atoms with Crippen molar-refractivity contribution in [3.05, 3.63) is 69.8 Å². The number of amides is 4. The molecule has 4 amide bonds. The van der Waals surface area contributed by atoms with E-state index in [2.05, 4.69) is 33.0 Å². The summed E-state index contributed by atoms with van der Waals surface area (Å²) in [6.07, 6.45) is 15.9. The lowest BCUT2D eigenvalue weighted by Gasteiger charge is -2.39. The Bertz CT molecular complexity index is 1800. The molecule has 0 saturated carbocycles. The van der Waals surface area contributed by atoms with Crippen LogP contribution in [0.5, 0.6) is 0 Å². The SMILES string of the molecule is CCCCCCCCCCCCC(CC)(CC)N1C(=O)c2ccc(C(=O)c3ccc4c(c3)C(=O)N(C(C)COC(C)COC(C)COCC(C)NC(CC)CC)C4=O)cc2C1=O. The van der Waals surface area contributed by atoms with Crippen molar-refractivity contribution in [2.75, 3.05) is 26.4 Å². The van der Waals surface area contributed by atoms with E-state index in [1.165, 1.54) is 79.0 Å². The minimum Gasteiger partial charge on any atom is -0.377 e. The average Bonchev–Trinajstić information content (AvgIpc) is 3.68. The van der Waals surface area contributed by atoms with E-state index in [1.807, 2.05) is 27.7 Å². The number of fused-ring (bicyclic) bond motifs is 2. The second kappa shape index (κ2) is 24.9. The van der Waals surface area contributed by atoms with Crippen molar-refractivity contribution in [2.24, 2.45) is 0 Å². The molecule has 4 atom stereocenters. The zero-order valence-electron chi connectivity index (χ0n) is 39.4. The van der Waals surface area contributed by atoms with Crippen LogP contribution in [0.25, 0.3) is 0 Å². The highest BCUT2D eigenvalue weighted by Crippen LogP contribution is 2.38. The molecule has 0 aliphatic carbocycles. The van der Waals surface area contributed by atoms with Crippen LogP contribution in [-0.4, -0.2) is 102 Å². The molecule has 2 aliphatic rings. The summed E-state index contributed by atoms with van der Waals surface area (Å²) in [6, 6.07) is 9.29. The lowest BCUT2D eigenvalue weighted by Crippen LogP contribution is -2.51. The van der Waals surface area contributed by atoms with Gasteiger partial charge in [-0.05, 0) is 84.1 Å². The van der Waals surface area contributed by atoms with Crippen LogP contribution in [0, 0.1) is 0 Å². The van der Waals surface area contributed by atoms with Crippen molar-refractivity contribution in [1.29, 1.82) is 0 Å². The van der Waals surface area contributed by atoms with Gasteiger partial charge < -0.3 is 19.5 Å². The molecule has 0 bridgehead atoms. The summed E-state index contributed by atoms with van der Waals surface area (Å²) in [5.74, 6) is -2.04. The van der Waals surface area contributed by atoms with Crippen LogP contribution in [0.4, 0.5) is 0 Å². The normalized spacial score (nSPS) is 16.0. The van der Waals surface area contributed by atoms with E-state index in [0.717, 1.165) is 38.5 Å². The maximum atomic E-state index is 14.0. The minimum absolute atomic E-state index is 0.112. The van der Waals surface area contributed by atoms with E-state index in [0.29, 0.717) is 44.3 Å². The fourth-order valence-electron chi connectivity index (χ4n) is 8.91. The van der Waals surface area contributed by atoms with Crippen molar-refractivity contribution in [1.82, 2.24) is 15.1 Å². The first-order chi connectivity index (χ1) is 29.8. The Kier molecular flexibility index (Phi) is 20.4. The first-order valence-electron chi connectivity index (χ1n) is 23.9. The van der Waals surface area contributed by atoms with E-state index in [9.17, 15) is 24.0 Å². The van der Waals surface area contributed by atoms with Gasteiger partial charge in [-0.3, -0.25) is 33.8 Å². The number of ketones is 1. The molecule has 2 aromatic rings. The number of benzene rings is 2. The fraction of sp³-hybridized carbons (Fsp3) is 0.667. The van der Waals surface area contributed by atoms with Crippen LogP contribution in [0.15, 0.2) is 36.4 Å². The molecule has 2 aliphatic heterocycles. The van der Waals surface area contributed by atoms with Crippen LogP contribution in [0.1, 0.15) is 216 Å². The number of unbranched alkanes of at least 4 members (excludes halogenated alkanes) is 9. The number of rotatable bonds is 31. The van der Waals surface area contributed by atoms with E-state index < -0.39 is 29.2 Å². The number of nitrogens with one attached hydrogen (secondary N) is 1. The molecule has 4 unspecified atom stereocenters. The van der Waals surface area contributed by atoms with Gasteiger partial charge in [0.15, 0.2) is 5.78 Å². The highest BCUT2D eigenvalue weighted by Gasteiger charge is 2.47. The van der Waals surface area contributed by atoms with Crippen molar-refractivity contribution >= 4 is 29.4 Å². The molecule has 0 saturated heterocycles. The molecule has 344 valence electrons. The molecule has 1 N–H and O–H groups in total. The third kappa shape index (κ3) is 12.9. The number of imide groups is 2. The Morgan fingerprint density at radius 1 is 0.597 bits per heavy atom. The van der Waals surface area contributed by atoms with Gasteiger partial charge >= 0.3 is 0 Å². The van der Waals surface area contributed by atoms with Gasteiger partial charge in [-0.2, -0.15) is 0 Å². The van der Waals surface area contributed by atoms with E-state index in [-0.39, 0.29) is 64.5 Å². The Balaban J connectivity index is 1.31. The van der Waals surface area contributed by atoms with Crippen molar-refractivity contribution in [3.8, 4) is 0 Å². The summed E-state index contributed by atoms with van der Waals surface area (Å²) in [5, 5.41) is 3.57. The van der Waals surface area contributed by atoms with Crippen LogP contribution < -0.4 is 5.32 Å². The second-order valence-electron chi connectivity index (χ2n) is 17.9. The van der Waals surface area contributed by atoms with Crippen LogP contribution in [-0.2, 0) is 14.2 Å². The monoisotopic (exact) mass is 860 g/mol. The largest absolute Gasteiger partial charge is 0.377 e. The lowest BCUT2D eigenvalue weighted by molar-refractivity contribution is -0.0641. The smallest absolute Gasteiger partial charge is 0.262 e. The minimum atomic E-state index is -0.596. The third-order valence-electron chi connectivity index (χ3n) is 13.0. The van der Waals surface area contributed by atoms with E-state index >= 15 is 0 Å². The number of hydrogen-bond acceptors (Lipinski definition) is 9. The van der Waals surface area contributed by atoms with Gasteiger partial charge in [0.25, 0.3) is 23.6 Å². The molecule has 4 rings (SSSR count). The molecular weight excluding hydrogens is 783 g/mol. The predicted molar refractivity (Wildman–Crippen MR) is 245 cm³/mol. The third-order valence-corrected chi connectivity index (χ3v) is 13.0. The molecule has 0 aromatic heterocycles. The van der Waals surface area contributed by atoms with Gasteiger partial charge in [-0.25, -0.2) is 0 Å². The maximum absolute atomic E-state index is 14.0. The summed E-state index contributed by atoms with van der Waals surface area (Å²) in [7, 11) is 0. The predicted octanol–water partition coefficient (Wildman–Crippen LogP) is 10.4. The van der Waals surface area contributed by atoms with Crippen LogP contribution >= 0.6 is 0 Å². The molecule has 62 heavy (non-hydrogen) atoms. The summed E-state index contributed by atoms with van der Waals surface area (Å²) in [4.78, 5) is 71.6. The van der Waals surface area contributed by atoms with Gasteiger partial charge in [0.05, 0.1) is 72.5 Å². The maximum Gasteiger partial charge on any atom is 0.262 e. The van der Waals surface area contributed by atoms with E-state index in [1.54, 1.807) is 19.1 Å². The molecule has 11 nitrogen and oxygen atoms in total. The first kappa shape index (κ1) is 50.9. The topological polar surface area (TPSA) is 132 Å². The zero-order chi connectivity index (χ0) is 45.4. The number of hydrogen-bond donors (Lipinski definition) is 1. The number of ether oxygens (including phenoxy) is 3. The Morgan fingerprint density at radius 3 is 1.65 bits per heavy atom. The number of carbonyl (C=O) groups excluding carboxylic acids is 5. The van der Waals surface area contributed by atoms with Crippen molar-refractivity contribution < 1.29 is 38.2 Å². The lowest BCUT2D eigenvalue weighted by atomic mass is 9.84. The summed E-state index contributed by atoms with van der Waals surface area (Å²) >= 11 is 0. The summed E-state index contributed by atoms with van der Waals surface area (Å²) in [5.41, 5.74) is 0.734. The van der Waals surface area contributed by atoms with E-state index in [4.69, 9.17) is 14.2 Å². The molecule has 0 spiro atoms. The average molecular weight is 860 g/mol. The quantitative estimate of drug-likeness (QED) is 0.0447. The highest BCUT2D eigenvalue weighted by atomic mass is 16.6. The molecule has 0 radical (unpaired) electrons. The number of carbonyl (C=O) groups is 5. The first-order valence-corrected chi connectivity index (χ1v) is 23.9. The number of nitrogens with zero attached hydrogens (tertiary/aromatic N) is 2. The Morgan fingerprint density at radius 2 is 1.08 bits per heavy atom. The fourth-order valence-corrected chi connectivity index (χ4v) is 8.91.